The van der Waals surface area contributed by atoms with Crippen LogP contribution in [0.1, 0.15) is 0 Å². The minimum Gasteiger partial charge on any atom is -0.309 e. The lowest BCUT2D eigenvalue weighted by molar-refractivity contribution is 0.996. The molecule has 0 aliphatic carbocycles. The van der Waals surface area contributed by atoms with E-state index in [1.165, 1.54) is 76.4 Å². The molecule has 0 spiro atoms. The van der Waals surface area contributed by atoms with Gasteiger partial charge in [-0.15, -0.1) is 0 Å². The van der Waals surface area contributed by atoms with E-state index in [2.05, 4.69) is 203 Å². The predicted octanol–water partition coefficient (Wildman–Crippen LogP) is 14.5. The van der Waals surface area contributed by atoms with Crippen LogP contribution in [-0.4, -0.2) is 19.1 Å². The van der Waals surface area contributed by atoms with E-state index >= 15 is 0 Å². The summed E-state index contributed by atoms with van der Waals surface area (Å²) < 4.78 is 4.72. The zero-order chi connectivity index (χ0) is 39.3. The molecule has 4 nitrogen and oxygen atoms in total. The van der Waals surface area contributed by atoms with Crippen LogP contribution in [0.25, 0.3) is 122 Å². The molecule has 0 saturated carbocycles. The van der Waals surface area contributed by atoms with Crippen LogP contribution >= 0.6 is 0 Å². The molecule has 3 aromatic heterocycles. The third-order valence-corrected chi connectivity index (χ3v) is 12.5. The summed E-state index contributed by atoms with van der Waals surface area (Å²) in [5.41, 5.74) is 14.4. The van der Waals surface area contributed by atoms with E-state index in [1.54, 1.807) is 0 Å². The Labute approximate surface area is 345 Å². The van der Waals surface area contributed by atoms with Crippen LogP contribution in [0, 0.1) is 0 Å². The molecule has 60 heavy (non-hydrogen) atoms. The Morgan fingerprint density at radius 3 is 1.50 bits per heavy atom. The zero-order valence-electron chi connectivity index (χ0n) is 32.4. The highest BCUT2D eigenvalue weighted by Crippen LogP contribution is 2.46. The number of nitrogens with zero attached hydrogens (tertiary/aromatic N) is 4. The smallest absolute Gasteiger partial charge is 0.235 e. The van der Waals surface area contributed by atoms with Crippen molar-refractivity contribution in [1.29, 1.82) is 0 Å². The maximum absolute atomic E-state index is 5.30. The van der Waals surface area contributed by atoms with Gasteiger partial charge in [-0.2, -0.15) is 0 Å². The Balaban J connectivity index is 1.05. The molecule has 10 aromatic carbocycles. The van der Waals surface area contributed by atoms with Crippen LogP contribution in [0.5, 0.6) is 0 Å². The maximum atomic E-state index is 5.30. The van der Waals surface area contributed by atoms with Gasteiger partial charge >= 0.3 is 0 Å². The van der Waals surface area contributed by atoms with Crippen molar-refractivity contribution in [2.45, 2.75) is 0 Å². The fraction of sp³-hybridized carbons (Fsp3) is 0. The van der Waals surface area contributed by atoms with E-state index in [0.29, 0.717) is 5.95 Å². The fourth-order valence-corrected chi connectivity index (χ4v) is 9.76. The van der Waals surface area contributed by atoms with Crippen molar-refractivity contribution in [2.24, 2.45) is 0 Å². The van der Waals surface area contributed by atoms with Gasteiger partial charge in [0, 0.05) is 38.4 Å². The van der Waals surface area contributed by atoms with Gasteiger partial charge in [-0.05, 0) is 92.3 Å². The Morgan fingerprint density at radius 1 is 0.300 bits per heavy atom. The quantitative estimate of drug-likeness (QED) is 0.158. The van der Waals surface area contributed by atoms with Crippen molar-refractivity contribution in [2.75, 3.05) is 0 Å². The van der Waals surface area contributed by atoms with Crippen LogP contribution in [0.2, 0.25) is 0 Å². The van der Waals surface area contributed by atoms with Crippen LogP contribution in [0.3, 0.4) is 0 Å². The Hall–Kier alpha value is -8.08. The van der Waals surface area contributed by atoms with E-state index in [1.807, 2.05) is 12.1 Å². The Bertz CT molecular complexity index is 3670. The maximum Gasteiger partial charge on any atom is 0.235 e. The third-order valence-electron chi connectivity index (χ3n) is 12.5. The SMILES string of the molecule is c1ccc(-c2ccc(-n3c4cccc5ccc6cc(-c7ccc8c9c7ccc7cccc(c79)n8-c7nc(-c8ccccc8)cc(-c8ccccc8)n7)cc3c6c54)cc2)cc1. The first-order valence-electron chi connectivity index (χ1n) is 20.5. The number of aromatic nitrogens is 4. The monoisotopic (exact) mass is 762 g/mol. The lowest BCUT2D eigenvalue weighted by Crippen LogP contribution is -2.04. The second kappa shape index (κ2) is 12.7. The van der Waals surface area contributed by atoms with Crippen molar-refractivity contribution in [3.05, 3.63) is 206 Å². The van der Waals surface area contributed by atoms with Crippen molar-refractivity contribution in [1.82, 2.24) is 19.1 Å². The molecule has 0 unspecified atom stereocenters. The molecule has 0 aliphatic heterocycles. The van der Waals surface area contributed by atoms with Crippen molar-refractivity contribution >= 4 is 65.2 Å². The summed E-state index contributed by atoms with van der Waals surface area (Å²) in [6.45, 7) is 0. The van der Waals surface area contributed by atoms with Crippen molar-refractivity contribution < 1.29 is 0 Å². The van der Waals surface area contributed by atoms with E-state index < -0.39 is 0 Å². The topological polar surface area (TPSA) is 35.6 Å². The molecule has 0 fully saturated rings. The highest BCUT2D eigenvalue weighted by Gasteiger charge is 2.23. The first kappa shape index (κ1) is 32.9. The van der Waals surface area contributed by atoms with Gasteiger partial charge < -0.3 is 4.57 Å². The van der Waals surface area contributed by atoms with Crippen molar-refractivity contribution in [3.63, 3.8) is 0 Å². The minimum absolute atomic E-state index is 0.655. The van der Waals surface area contributed by atoms with Gasteiger partial charge in [0.25, 0.3) is 0 Å². The molecule has 278 valence electrons. The molecule has 0 atom stereocenters. The zero-order valence-corrected chi connectivity index (χ0v) is 32.4. The molecule has 0 bridgehead atoms. The van der Waals surface area contributed by atoms with E-state index in [-0.39, 0.29) is 0 Å². The second-order valence-electron chi connectivity index (χ2n) is 15.8. The number of rotatable bonds is 6. The lowest BCUT2D eigenvalue weighted by atomic mass is 9.92. The summed E-state index contributed by atoms with van der Waals surface area (Å²) in [5.74, 6) is 0.655. The van der Waals surface area contributed by atoms with Crippen LogP contribution in [0.4, 0.5) is 0 Å². The molecule has 0 saturated heterocycles. The van der Waals surface area contributed by atoms with Gasteiger partial charge in [0.1, 0.15) is 0 Å². The third kappa shape index (κ3) is 4.85. The molecule has 13 rings (SSSR count). The van der Waals surface area contributed by atoms with Gasteiger partial charge in [-0.25, -0.2) is 9.97 Å². The molecular weight excluding hydrogens is 729 g/mol. The molecule has 0 radical (unpaired) electrons. The Morgan fingerprint density at radius 2 is 0.833 bits per heavy atom. The Kier molecular flexibility index (Phi) is 6.98. The molecule has 3 heterocycles. The highest BCUT2D eigenvalue weighted by atomic mass is 15.2. The minimum atomic E-state index is 0.655. The van der Waals surface area contributed by atoms with Gasteiger partial charge in [0.05, 0.1) is 33.5 Å². The molecule has 4 heteroatoms. The van der Waals surface area contributed by atoms with Gasteiger partial charge in [-0.1, -0.05) is 158 Å². The fourth-order valence-electron chi connectivity index (χ4n) is 9.76. The summed E-state index contributed by atoms with van der Waals surface area (Å²) in [6.07, 6.45) is 0. The summed E-state index contributed by atoms with van der Waals surface area (Å²) in [4.78, 5) is 10.6. The normalized spacial score (nSPS) is 12.0. The summed E-state index contributed by atoms with van der Waals surface area (Å²) in [5, 5.41) is 9.95. The molecular formula is C56H34N4. The van der Waals surface area contributed by atoms with Crippen LogP contribution < -0.4 is 0 Å². The van der Waals surface area contributed by atoms with Crippen molar-refractivity contribution in [3.8, 4) is 56.4 Å². The molecule has 0 N–H and O–H groups in total. The highest BCUT2D eigenvalue weighted by molar-refractivity contribution is 6.28. The van der Waals surface area contributed by atoms with E-state index in [9.17, 15) is 0 Å². The summed E-state index contributed by atoms with van der Waals surface area (Å²) in [7, 11) is 0. The summed E-state index contributed by atoms with van der Waals surface area (Å²) >= 11 is 0. The summed E-state index contributed by atoms with van der Waals surface area (Å²) in [6, 6.07) is 74.3. The largest absolute Gasteiger partial charge is 0.309 e. The van der Waals surface area contributed by atoms with Gasteiger partial charge in [-0.3, -0.25) is 4.57 Å². The lowest BCUT2D eigenvalue weighted by Gasteiger charge is -2.13. The average molecular weight is 763 g/mol. The standard InChI is InChI=1S/C56H34N4/c1-4-12-35(13-5-1)36-24-27-43(28-25-36)59-48-20-10-18-39-22-23-41-32-42(33-51(59)54(41)52(39)48)44-30-31-50-55-45(44)29-26-40-19-11-21-49(53(40)55)60(50)56-57-46(37-14-6-2-7-15-37)34-47(58-56)38-16-8-3-9-17-38/h1-34H. The van der Waals surface area contributed by atoms with Gasteiger partial charge in [0.15, 0.2) is 0 Å². The number of benzene rings is 10. The first-order valence-corrected chi connectivity index (χ1v) is 20.5. The van der Waals surface area contributed by atoms with Gasteiger partial charge in [0.2, 0.25) is 5.95 Å². The molecule has 0 aliphatic rings. The second-order valence-corrected chi connectivity index (χ2v) is 15.8. The van der Waals surface area contributed by atoms with E-state index in [0.717, 1.165) is 39.2 Å². The predicted molar refractivity (Wildman–Crippen MR) is 250 cm³/mol. The number of hydrogen-bond donors (Lipinski definition) is 0. The van der Waals surface area contributed by atoms with Crippen LogP contribution in [0.15, 0.2) is 206 Å². The van der Waals surface area contributed by atoms with E-state index in [4.69, 9.17) is 9.97 Å². The first-order chi connectivity index (χ1) is 29.7. The van der Waals surface area contributed by atoms with Crippen LogP contribution in [-0.2, 0) is 0 Å². The average Bonchev–Trinajstić information content (AvgIpc) is 3.85. The molecule has 0 amide bonds. The molecule has 13 aromatic rings. The number of hydrogen-bond acceptors (Lipinski definition) is 2.